The maximum atomic E-state index is 13.6. The molecule has 1 saturated carbocycles. The summed E-state index contributed by atoms with van der Waals surface area (Å²) in [5, 5.41) is 10.7. The highest BCUT2D eigenvalue weighted by Crippen LogP contribution is 2.28. The van der Waals surface area contributed by atoms with Crippen LogP contribution >= 0.6 is 11.8 Å². The van der Waals surface area contributed by atoms with Crippen LogP contribution in [0.5, 0.6) is 5.75 Å². The first-order chi connectivity index (χ1) is 11.5. The van der Waals surface area contributed by atoms with Gasteiger partial charge in [0, 0.05) is 6.04 Å². The largest absolute Gasteiger partial charge is 0.478 e. The number of halogens is 1. The standard InChI is InChI=1S/C16H18FN3O3S/c1-9(22-13-6-4-3-5-12(13)17)15-19-20-16(23-15)24-10(2)14(21)18-11-7-8-11/h3-6,9-11H,7-8H2,1-2H3,(H,18,21)/t9-,10+/m1/s1. The zero-order valence-electron chi connectivity index (χ0n) is 13.4. The third-order valence-corrected chi connectivity index (χ3v) is 4.42. The van der Waals surface area contributed by atoms with Crippen molar-refractivity contribution >= 4 is 17.7 Å². The van der Waals surface area contributed by atoms with Gasteiger partial charge in [0.05, 0.1) is 5.25 Å². The smallest absolute Gasteiger partial charge is 0.277 e. The minimum Gasteiger partial charge on any atom is -0.478 e. The Bertz CT molecular complexity index is 720. The van der Waals surface area contributed by atoms with Crippen LogP contribution in [0.2, 0.25) is 0 Å². The Balaban J connectivity index is 1.58. The van der Waals surface area contributed by atoms with E-state index in [-0.39, 0.29) is 28.0 Å². The molecule has 0 spiro atoms. The molecule has 6 nitrogen and oxygen atoms in total. The Labute approximate surface area is 143 Å². The summed E-state index contributed by atoms with van der Waals surface area (Å²) in [5.74, 6) is -0.146. The van der Waals surface area contributed by atoms with Crippen LogP contribution in [-0.4, -0.2) is 27.4 Å². The second kappa shape index (κ2) is 7.21. The van der Waals surface area contributed by atoms with Crippen LogP contribution in [-0.2, 0) is 4.79 Å². The molecule has 0 radical (unpaired) electrons. The minimum atomic E-state index is -0.598. The van der Waals surface area contributed by atoms with E-state index in [0.717, 1.165) is 12.8 Å². The molecule has 2 aromatic rings. The molecule has 0 aliphatic heterocycles. The molecule has 1 aromatic carbocycles. The molecule has 3 rings (SSSR count). The van der Waals surface area contributed by atoms with E-state index in [1.807, 2.05) is 0 Å². The number of nitrogens with one attached hydrogen (secondary N) is 1. The molecular formula is C16H18FN3O3S. The quantitative estimate of drug-likeness (QED) is 0.773. The second-order valence-corrected chi connectivity index (χ2v) is 6.93. The highest BCUT2D eigenvalue weighted by atomic mass is 32.2. The summed E-state index contributed by atoms with van der Waals surface area (Å²) in [6.07, 6.45) is 1.48. The summed E-state index contributed by atoms with van der Waals surface area (Å²) in [6.45, 7) is 3.48. The lowest BCUT2D eigenvalue weighted by Crippen LogP contribution is -2.32. The molecule has 128 valence electrons. The number of hydrogen-bond donors (Lipinski definition) is 1. The number of hydrogen-bond acceptors (Lipinski definition) is 6. The fourth-order valence-corrected chi connectivity index (χ4v) is 2.66. The van der Waals surface area contributed by atoms with E-state index < -0.39 is 11.9 Å². The third kappa shape index (κ3) is 4.25. The molecule has 0 saturated heterocycles. The SMILES string of the molecule is C[C@H](Sc1nnc([C@@H](C)Oc2ccccc2F)o1)C(=O)NC1CC1. The predicted molar refractivity (Wildman–Crippen MR) is 86.2 cm³/mol. The van der Waals surface area contributed by atoms with Crippen LogP contribution in [0, 0.1) is 5.82 Å². The van der Waals surface area contributed by atoms with Crippen LogP contribution in [0.3, 0.4) is 0 Å². The van der Waals surface area contributed by atoms with E-state index in [2.05, 4.69) is 15.5 Å². The first-order valence-electron chi connectivity index (χ1n) is 7.74. The highest BCUT2D eigenvalue weighted by molar-refractivity contribution is 8.00. The third-order valence-electron chi connectivity index (χ3n) is 3.48. The number of carbonyl (C=O) groups excluding carboxylic acids is 1. The topological polar surface area (TPSA) is 77.2 Å². The average molecular weight is 351 g/mol. The molecule has 1 aliphatic rings. The maximum absolute atomic E-state index is 13.6. The van der Waals surface area contributed by atoms with Gasteiger partial charge in [0.1, 0.15) is 0 Å². The summed E-state index contributed by atoms with van der Waals surface area (Å²) in [4.78, 5) is 11.9. The van der Waals surface area contributed by atoms with Gasteiger partial charge in [-0.15, -0.1) is 10.2 Å². The van der Waals surface area contributed by atoms with E-state index in [4.69, 9.17) is 9.15 Å². The molecule has 1 N–H and O–H groups in total. The van der Waals surface area contributed by atoms with Gasteiger partial charge in [0.15, 0.2) is 17.7 Å². The minimum absolute atomic E-state index is 0.0436. The number of nitrogens with zero attached hydrogens (tertiary/aromatic N) is 2. The first kappa shape index (κ1) is 16.8. The van der Waals surface area contributed by atoms with Crippen molar-refractivity contribution in [3.8, 4) is 5.75 Å². The number of carbonyl (C=O) groups is 1. The molecule has 1 heterocycles. The number of benzene rings is 1. The van der Waals surface area contributed by atoms with Gasteiger partial charge in [-0.1, -0.05) is 23.9 Å². The van der Waals surface area contributed by atoms with E-state index in [0.29, 0.717) is 6.04 Å². The second-order valence-electron chi connectivity index (χ2n) is 5.64. The maximum Gasteiger partial charge on any atom is 0.277 e. The van der Waals surface area contributed by atoms with Crippen molar-refractivity contribution in [2.45, 2.75) is 49.3 Å². The van der Waals surface area contributed by atoms with E-state index in [1.54, 1.807) is 26.0 Å². The van der Waals surface area contributed by atoms with E-state index in [1.165, 1.54) is 23.9 Å². The molecule has 8 heteroatoms. The Morgan fingerprint density at radius 2 is 2.12 bits per heavy atom. The molecular weight excluding hydrogens is 333 g/mol. The van der Waals surface area contributed by atoms with Crippen molar-refractivity contribution in [1.29, 1.82) is 0 Å². The van der Waals surface area contributed by atoms with Crippen molar-refractivity contribution in [2.75, 3.05) is 0 Å². The van der Waals surface area contributed by atoms with E-state index >= 15 is 0 Å². The first-order valence-corrected chi connectivity index (χ1v) is 8.62. The highest BCUT2D eigenvalue weighted by Gasteiger charge is 2.27. The summed E-state index contributed by atoms with van der Waals surface area (Å²) in [7, 11) is 0. The number of thioether (sulfide) groups is 1. The molecule has 1 aromatic heterocycles. The van der Waals surface area contributed by atoms with Crippen LogP contribution in [0.4, 0.5) is 4.39 Å². The lowest BCUT2D eigenvalue weighted by molar-refractivity contribution is -0.120. The van der Waals surface area contributed by atoms with Gasteiger partial charge >= 0.3 is 0 Å². The monoisotopic (exact) mass is 351 g/mol. The normalized spacial score (nSPS) is 16.5. The Morgan fingerprint density at radius 3 is 2.83 bits per heavy atom. The van der Waals surface area contributed by atoms with Gasteiger partial charge in [-0.05, 0) is 38.8 Å². The number of para-hydroxylation sites is 1. The van der Waals surface area contributed by atoms with Gasteiger partial charge in [-0.25, -0.2) is 4.39 Å². The molecule has 1 fully saturated rings. The summed E-state index contributed by atoms with van der Waals surface area (Å²) in [5.41, 5.74) is 0. The van der Waals surface area contributed by atoms with Gasteiger partial charge < -0.3 is 14.5 Å². The van der Waals surface area contributed by atoms with Gasteiger partial charge in [-0.3, -0.25) is 4.79 Å². The number of rotatable bonds is 7. The molecule has 2 atom stereocenters. The van der Waals surface area contributed by atoms with Gasteiger partial charge in [0.2, 0.25) is 5.91 Å². The summed E-state index contributed by atoms with van der Waals surface area (Å²) in [6, 6.07) is 6.43. The Hall–Kier alpha value is -2.09. The van der Waals surface area contributed by atoms with Crippen LogP contribution < -0.4 is 10.1 Å². The molecule has 0 bridgehead atoms. The fourth-order valence-electron chi connectivity index (χ4n) is 1.96. The number of ether oxygens (including phenoxy) is 1. The molecule has 24 heavy (non-hydrogen) atoms. The van der Waals surface area contributed by atoms with E-state index in [9.17, 15) is 9.18 Å². The fraction of sp³-hybridized carbons (Fsp3) is 0.438. The lowest BCUT2D eigenvalue weighted by Gasteiger charge is -2.11. The molecule has 0 unspecified atom stereocenters. The van der Waals surface area contributed by atoms with Crippen molar-refractivity contribution < 1.29 is 18.3 Å². The molecule has 1 amide bonds. The van der Waals surface area contributed by atoms with Gasteiger partial charge in [-0.2, -0.15) is 0 Å². The summed E-state index contributed by atoms with van der Waals surface area (Å²) >= 11 is 1.19. The Morgan fingerprint density at radius 1 is 1.38 bits per heavy atom. The zero-order valence-corrected chi connectivity index (χ0v) is 14.2. The lowest BCUT2D eigenvalue weighted by atomic mass is 10.3. The predicted octanol–water partition coefficient (Wildman–Crippen LogP) is 3.11. The van der Waals surface area contributed by atoms with Gasteiger partial charge in [0.25, 0.3) is 11.1 Å². The number of aromatic nitrogens is 2. The Kier molecular flexibility index (Phi) is 5.03. The number of amides is 1. The van der Waals surface area contributed by atoms with Crippen molar-refractivity contribution in [2.24, 2.45) is 0 Å². The van der Waals surface area contributed by atoms with Crippen molar-refractivity contribution in [1.82, 2.24) is 15.5 Å². The van der Waals surface area contributed by atoms with Crippen molar-refractivity contribution in [3.05, 3.63) is 36.0 Å². The summed E-state index contributed by atoms with van der Waals surface area (Å²) < 4.78 is 24.6. The van der Waals surface area contributed by atoms with Crippen LogP contribution in [0.15, 0.2) is 33.9 Å². The zero-order chi connectivity index (χ0) is 17.1. The average Bonchev–Trinajstić information content (AvgIpc) is 3.24. The van der Waals surface area contributed by atoms with Crippen molar-refractivity contribution in [3.63, 3.8) is 0 Å². The van der Waals surface area contributed by atoms with Crippen LogP contribution in [0.1, 0.15) is 38.7 Å². The van der Waals surface area contributed by atoms with Crippen LogP contribution in [0.25, 0.3) is 0 Å². The molecule has 1 aliphatic carbocycles.